The van der Waals surface area contributed by atoms with Gasteiger partial charge in [0.2, 0.25) is 5.89 Å². The summed E-state index contributed by atoms with van der Waals surface area (Å²) in [4.78, 5) is 19.7. The van der Waals surface area contributed by atoms with Crippen molar-refractivity contribution in [1.29, 1.82) is 0 Å². The molecule has 3 fully saturated rings. The van der Waals surface area contributed by atoms with Crippen LogP contribution in [-0.2, 0) is 21.4 Å². The molecule has 1 amide bonds. The fraction of sp³-hybridized carbons (Fsp3) is 0.591. The highest BCUT2D eigenvalue weighted by Gasteiger charge is 2.57. The highest BCUT2D eigenvalue weighted by molar-refractivity contribution is 5.85. The molecule has 7 heteroatoms. The van der Waals surface area contributed by atoms with Gasteiger partial charge in [0.1, 0.15) is 5.60 Å². The second-order valence-electron chi connectivity index (χ2n) is 8.75. The smallest absolute Gasteiger partial charge is 0.254 e. The van der Waals surface area contributed by atoms with E-state index in [1.807, 2.05) is 23.1 Å². The van der Waals surface area contributed by atoms with Crippen molar-refractivity contribution < 1.29 is 19.2 Å². The fourth-order valence-corrected chi connectivity index (χ4v) is 5.32. The van der Waals surface area contributed by atoms with Gasteiger partial charge in [0.25, 0.3) is 5.91 Å². The molecule has 154 valence electrons. The Morgan fingerprint density at radius 1 is 1.21 bits per heavy atom. The highest BCUT2D eigenvalue weighted by Crippen LogP contribution is 2.50. The summed E-state index contributed by atoms with van der Waals surface area (Å²) in [5.41, 5.74) is -0.435. The number of hydrogen-bond acceptors (Lipinski definition) is 6. The monoisotopic (exact) mass is 397 g/mol. The zero-order chi connectivity index (χ0) is 19.9. The molecule has 0 bridgehead atoms. The number of amides is 1. The van der Waals surface area contributed by atoms with Gasteiger partial charge in [0.05, 0.1) is 5.41 Å². The Hall–Kier alpha value is -2.25. The Kier molecular flexibility index (Phi) is 4.67. The number of nitrogens with zero attached hydrogens (tertiary/aromatic N) is 3. The Labute approximate surface area is 170 Å². The molecule has 2 aliphatic heterocycles. The molecule has 1 aliphatic carbocycles. The predicted molar refractivity (Wildman–Crippen MR) is 104 cm³/mol. The van der Waals surface area contributed by atoms with Crippen molar-refractivity contribution in [2.75, 3.05) is 26.3 Å². The van der Waals surface area contributed by atoms with Crippen LogP contribution >= 0.6 is 0 Å². The van der Waals surface area contributed by atoms with Crippen molar-refractivity contribution in [3.05, 3.63) is 47.6 Å². The largest absolute Gasteiger partial charge is 0.381 e. The molecule has 2 atom stereocenters. The standard InChI is InChI=1S/C22H27N3O4/c26-20(22(27)9-11-28-12-10-22)25-14-17-7-4-8-21(17,15-25)19-23-18(24-29-19)13-16-5-2-1-3-6-16/h1-3,5-6,17,27H,4,7-15H2/t17-,21-/m1/s1. The van der Waals surface area contributed by atoms with E-state index >= 15 is 0 Å². The number of likely N-dealkylation sites (tertiary alicyclic amines) is 1. The molecule has 1 aromatic heterocycles. The van der Waals surface area contributed by atoms with E-state index in [9.17, 15) is 9.90 Å². The van der Waals surface area contributed by atoms with Crippen LogP contribution in [0.25, 0.3) is 0 Å². The van der Waals surface area contributed by atoms with Gasteiger partial charge in [0.15, 0.2) is 5.82 Å². The number of hydrogen-bond donors (Lipinski definition) is 1. The summed E-state index contributed by atoms with van der Waals surface area (Å²) in [7, 11) is 0. The summed E-state index contributed by atoms with van der Waals surface area (Å²) in [6.45, 7) is 2.05. The van der Waals surface area contributed by atoms with Crippen molar-refractivity contribution in [2.24, 2.45) is 5.92 Å². The molecule has 5 rings (SSSR count). The van der Waals surface area contributed by atoms with Gasteiger partial charge in [-0.25, -0.2) is 0 Å². The maximum absolute atomic E-state index is 13.1. The molecule has 2 saturated heterocycles. The minimum Gasteiger partial charge on any atom is -0.381 e. The Morgan fingerprint density at radius 3 is 2.79 bits per heavy atom. The van der Waals surface area contributed by atoms with Crippen LogP contribution in [0.15, 0.2) is 34.9 Å². The Bertz CT molecular complexity index is 877. The van der Waals surface area contributed by atoms with E-state index in [4.69, 9.17) is 14.2 Å². The van der Waals surface area contributed by atoms with Crippen LogP contribution in [0.3, 0.4) is 0 Å². The molecule has 0 radical (unpaired) electrons. The van der Waals surface area contributed by atoms with E-state index in [1.54, 1.807) is 0 Å². The molecule has 2 aromatic rings. The summed E-state index contributed by atoms with van der Waals surface area (Å²) in [5.74, 6) is 1.47. The lowest BCUT2D eigenvalue weighted by Gasteiger charge is -2.34. The van der Waals surface area contributed by atoms with Gasteiger partial charge in [-0.15, -0.1) is 0 Å². The molecule has 1 N–H and O–H groups in total. The average molecular weight is 397 g/mol. The lowest BCUT2D eigenvalue weighted by Crippen LogP contribution is -2.52. The van der Waals surface area contributed by atoms with Crippen LogP contribution in [0.2, 0.25) is 0 Å². The molecule has 3 aliphatic rings. The van der Waals surface area contributed by atoms with Crippen LogP contribution in [0, 0.1) is 5.92 Å². The topological polar surface area (TPSA) is 88.7 Å². The summed E-state index contributed by atoms with van der Waals surface area (Å²) >= 11 is 0. The van der Waals surface area contributed by atoms with Crippen LogP contribution in [-0.4, -0.2) is 58.0 Å². The van der Waals surface area contributed by atoms with Gasteiger partial charge in [-0.2, -0.15) is 4.98 Å². The quantitative estimate of drug-likeness (QED) is 0.850. The highest BCUT2D eigenvalue weighted by atomic mass is 16.5. The van der Waals surface area contributed by atoms with Crippen LogP contribution in [0.5, 0.6) is 0 Å². The number of ether oxygens (including phenoxy) is 1. The van der Waals surface area contributed by atoms with E-state index in [-0.39, 0.29) is 11.3 Å². The number of carbonyl (C=O) groups is 1. The van der Waals surface area contributed by atoms with E-state index in [1.165, 1.54) is 0 Å². The van der Waals surface area contributed by atoms with E-state index in [2.05, 4.69) is 17.3 Å². The van der Waals surface area contributed by atoms with Crippen LogP contribution in [0.4, 0.5) is 0 Å². The predicted octanol–water partition coefficient (Wildman–Crippen LogP) is 2.08. The first kappa shape index (κ1) is 18.8. The van der Waals surface area contributed by atoms with Crippen LogP contribution in [0.1, 0.15) is 49.4 Å². The minimum absolute atomic E-state index is 0.168. The van der Waals surface area contributed by atoms with E-state index < -0.39 is 5.60 Å². The lowest BCUT2D eigenvalue weighted by atomic mass is 9.80. The first-order valence-electron chi connectivity index (χ1n) is 10.6. The van der Waals surface area contributed by atoms with E-state index in [0.717, 1.165) is 24.8 Å². The molecule has 1 aromatic carbocycles. The Morgan fingerprint density at radius 2 is 2.00 bits per heavy atom. The molecular formula is C22H27N3O4. The summed E-state index contributed by atoms with van der Waals surface area (Å²) in [6.07, 6.45) is 4.44. The number of aliphatic hydroxyl groups is 1. The minimum atomic E-state index is -1.30. The number of fused-ring (bicyclic) bond motifs is 1. The molecule has 7 nitrogen and oxygen atoms in total. The molecule has 29 heavy (non-hydrogen) atoms. The average Bonchev–Trinajstić information content (AvgIpc) is 3.43. The molecule has 0 unspecified atom stereocenters. The number of carbonyl (C=O) groups excluding carboxylic acids is 1. The maximum atomic E-state index is 13.1. The first-order valence-corrected chi connectivity index (χ1v) is 10.6. The zero-order valence-corrected chi connectivity index (χ0v) is 16.5. The van der Waals surface area contributed by atoms with Gasteiger partial charge in [0, 0.05) is 45.6 Å². The van der Waals surface area contributed by atoms with Crippen molar-refractivity contribution in [1.82, 2.24) is 15.0 Å². The third-order valence-corrected chi connectivity index (χ3v) is 6.98. The molecular weight excluding hydrogens is 370 g/mol. The Balaban J connectivity index is 1.36. The van der Waals surface area contributed by atoms with Crippen molar-refractivity contribution in [3.8, 4) is 0 Å². The number of benzene rings is 1. The van der Waals surface area contributed by atoms with Crippen LogP contribution < -0.4 is 0 Å². The molecule has 1 saturated carbocycles. The summed E-state index contributed by atoms with van der Waals surface area (Å²) < 4.78 is 11.1. The van der Waals surface area contributed by atoms with Crippen molar-refractivity contribution >= 4 is 5.91 Å². The summed E-state index contributed by atoms with van der Waals surface area (Å²) in [6, 6.07) is 10.1. The third-order valence-electron chi connectivity index (χ3n) is 6.98. The van der Waals surface area contributed by atoms with Gasteiger partial charge < -0.3 is 19.3 Å². The SMILES string of the molecule is O=C(N1C[C@H]2CCC[C@@]2(c2nc(Cc3ccccc3)no2)C1)C1(O)CCOCC1. The second-order valence-corrected chi connectivity index (χ2v) is 8.75. The van der Waals surface area contributed by atoms with Gasteiger partial charge in [-0.3, -0.25) is 4.79 Å². The van der Waals surface area contributed by atoms with Gasteiger partial charge >= 0.3 is 0 Å². The number of rotatable bonds is 4. The number of aromatic nitrogens is 2. The van der Waals surface area contributed by atoms with Gasteiger partial charge in [-0.05, 0) is 24.3 Å². The van der Waals surface area contributed by atoms with Crippen molar-refractivity contribution in [3.63, 3.8) is 0 Å². The van der Waals surface area contributed by atoms with E-state index in [0.29, 0.717) is 63.2 Å². The fourth-order valence-electron chi connectivity index (χ4n) is 5.32. The van der Waals surface area contributed by atoms with Gasteiger partial charge in [-0.1, -0.05) is 41.9 Å². The second kappa shape index (κ2) is 7.22. The molecule has 0 spiro atoms. The van der Waals surface area contributed by atoms with Crippen molar-refractivity contribution in [2.45, 2.75) is 49.5 Å². The zero-order valence-electron chi connectivity index (χ0n) is 16.5. The first-order chi connectivity index (χ1) is 14.1. The third kappa shape index (κ3) is 3.26. The lowest BCUT2D eigenvalue weighted by molar-refractivity contribution is -0.160. The summed E-state index contributed by atoms with van der Waals surface area (Å²) in [5, 5.41) is 15.1. The normalized spacial score (nSPS) is 28.4. The molecule has 3 heterocycles. The maximum Gasteiger partial charge on any atom is 0.254 e.